The topological polar surface area (TPSA) is 73.1 Å². The number of thiophene rings is 1. The highest BCUT2D eigenvalue weighted by molar-refractivity contribution is 7.09. The number of carbonyl (C=O) groups is 1. The Bertz CT molecular complexity index is 798. The number of tetrazole rings is 1. The Morgan fingerprint density at radius 1 is 1.29 bits per heavy atom. The number of ether oxygens (including phenoxy) is 1. The van der Waals surface area contributed by atoms with E-state index in [0.717, 1.165) is 4.88 Å². The van der Waals surface area contributed by atoms with Crippen LogP contribution in [-0.2, 0) is 20.2 Å². The second-order valence-electron chi connectivity index (χ2n) is 5.27. The van der Waals surface area contributed by atoms with Gasteiger partial charge in [-0.3, -0.25) is 4.79 Å². The Balaban J connectivity index is 1.59. The number of nitrogens with zero attached hydrogens (tertiary/aromatic N) is 5. The minimum Gasteiger partial charge on any atom is -0.486 e. The predicted molar refractivity (Wildman–Crippen MR) is 89.7 cm³/mol. The molecule has 7 nitrogen and oxygen atoms in total. The fourth-order valence-corrected chi connectivity index (χ4v) is 2.90. The zero-order valence-corrected chi connectivity index (χ0v) is 14.2. The smallest absolute Gasteiger partial charge is 0.253 e. The van der Waals surface area contributed by atoms with Gasteiger partial charge in [0.15, 0.2) is 5.82 Å². The highest BCUT2D eigenvalue weighted by Gasteiger charge is 2.12. The summed E-state index contributed by atoms with van der Waals surface area (Å²) >= 11 is 1.64. The zero-order valence-electron chi connectivity index (χ0n) is 13.4. The van der Waals surface area contributed by atoms with Crippen molar-refractivity contribution in [3.8, 4) is 5.75 Å². The van der Waals surface area contributed by atoms with Crippen LogP contribution in [0.4, 0.5) is 0 Å². The number of benzene rings is 1. The molecule has 0 aliphatic rings. The molecule has 0 aliphatic carbocycles. The Hall–Kier alpha value is -2.74. The van der Waals surface area contributed by atoms with E-state index < -0.39 is 0 Å². The number of hydrogen-bond acceptors (Lipinski definition) is 6. The van der Waals surface area contributed by atoms with Gasteiger partial charge in [0.2, 0.25) is 0 Å². The highest BCUT2D eigenvalue weighted by Crippen LogP contribution is 2.16. The largest absolute Gasteiger partial charge is 0.486 e. The van der Waals surface area contributed by atoms with Crippen LogP contribution in [0.25, 0.3) is 0 Å². The van der Waals surface area contributed by atoms with Gasteiger partial charge in [-0.15, -0.1) is 16.4 Å². The van der Waals surface area contributed by atoms with Gasteiger partial charge in [0, 0.05) is 24.5 Å². The Labute approximate surface area is 143 Å². The highest BCUT2D eigenvalue weighted by atomic mass is 32.1. The molecule has 1 amide bonds. The second kappa shape index (κ2) is 7.22. The molecule has 0 bridgehead atoms. The minimum atomic E-state index is -0.0209. The third-order valence-corrected chi connectivity index (χ3v) is 4.36. The van der Waals surface area contributed by atoms with Crippen LogP contribution in [0, 0.1) is 0 Å². The molecule has 3 aromatic rings. The first-order valence-corrected chi connectivity index (χ1v) is 8.23. The number of aromatic nitrogens is 4. The lowest BCUT2D eigenvalue weighted by atomic mass is 10.2. The van der Waals surface area contributed by atoms with Crippen LogP contribution < -0.4 is 4.74 Å². The van der Waals surface area contributed by atoms with Crippen LogP contribution in [-0.4, -0.2) is 38.1 Å². The van der Waals surface area contributed by atoms with Gasteiger partial charge < -0.3 is 9.64 Å². The fraction of sp³-hybridized carbons (Fsp3) is 0.250. The summed E-state index contributed by atoms with van der Waals surface area (Å²) in [5.74, 6) is 1.27. The standard InChI is InChI=1S/C16H17N5O2S/c1-20(10-14-4-3-9-24-14)16(22)12-5-7-13(8-6-12)23-11-15-17-18-19-21(15)2/h3-9H,10-11H2,1-2H3. The van der Waals surface area contributed by atoms with Crippen molar-refractivity contribution in [3.63, 3.8) is 0 Å². The summed E-state index contributed by atoms with van der Waals surface area (Å²) in [7, 11) is 3.55. The Kier molecular flexibility index (Phi) is 4.85. The Morgan fingerprint density at radius 3 is 2.71 bits per heavy atom. The molecule has 2 aromatic heterocycles. The molecule has 0 radical (unpaired) electrons. The average molecular weight is 343 g/mol. The molecule has 124 valence electrons. The zero-order chi connectivity index (χ0) is 16.9. The van der Waals surface area contributed by atoms with Crippen molar-refractivity contribution in [2.24, 2.45) is 7.05 Å². The van der Waals surface area contributed by atoms with E-state index in [0.29, 0.717) is 23.7 Å². The lowest BCUT2D eigenvalue weighted by Gasteiger charge is -2.16. The molecular formula is C16H17N5O2S. The molecule has 3 rings (SSSR count). The molecule has 2 heterocycles. The van der Waals surface area contributed by atoms with Crippen LogP contribution >= 0.6 is 11.3 Å². The van der Waals surface area contributed by atoms with E-state index in [1.54, 1.807) is 59.3 Å². The van der Waals surface area contributed by atoms with Crippen LogP contribution in [0.5, 0.6) is 5.75 Å². The van der Waals surface area contributed by atoms with Gasteiger partial charge in [-0.25, -0.2) is 4.68 Å². The van der Waals surface area contributed by atoms with Gasteiger partial charge in [-0.1, -0.05) is 6.07 Å². The second-order valence-corrected chi connectivity index (χ2v) is 6.30. The van der Waals surface area contributed by atoms with Crippen molar-refractivity contribution < 1.29 is 9.53 Å². The first-order valence-electron chi connectivity index (χ1n) is 7.35. The fourth-order valence-electron chi connectivity index (χ4n) is 2.14. The molecule has 0 fully saturated rings. The number of amides is 1. The minimum absolute atomic E-state index is 0.0209. The van der Waals surface area contributed by atoms with Crippen molar-refractivity contribution in [2.45, 2.75) is 13.2 Å². The first-order chi connectivity index (χ1) is 11.6. The quantitative estimate of drug-likeness (QED) is 0.685. The van der Waals surface area contributed by atoms with Crippen molar-refractivity contribution in [1.29, 1.82) is 0 Å². The van der Waals surface area contributed by atoms with E-state index in [-0.39, 0.29) is 12.5 Å². The SMILES string of the molecule is CN(Cc1cccs1)C(=O)c1ccc(OCc2nnnn2C)cc1. The molecule has 0 spiro atoms. The van der Waals surface area contributed by atoms with Crippen LogP contribution in [0.2, 0.25) is 0 Å². The molecule has 0 saturated heterocycles. The molecule has 8 heteroatoms. The van der Waals surface area contributed by atoms with Gasteiger partial charge >= 0.3 is 0 Å². The Morgan fingerprint density at radius 2 is 2.08 bits per heavy atom. The van der Waals surface area contributed by atoms with E-state index in [1.807, 2.05) is 17.5 Å². The van der Waals surface area contributed by atoms with Crippen molar-refractivity contribution in [2.75, 3.05) is 7.05 Å². The molecular weight excluding hydrogens is 326 g/mol. The van der Waals surface area contributed by atoms with Gasteiger partial charge in [-0.05, 0) is 46.1 Å². The predicted octanol–water partition coefficient (Wildman–Crippen LogP) is 2.12. The third kappa shape index (κ3) is 3.77. The number of aryl methyl sites for hydroxylation is 1. The number of hydrogen-bond donors (Lipinski definition) is 0. The van der Waals surface area contributed by atoms with E-state index in [9.17, 15) is 4.79 Å². The average Bonchev–Trinajstić information content (AvgIpc) is 3.24. The number of rotatable bonds is 6. The lowest BCUT2D eigenvalue weighted by Crippen LogP contribution is -2.25. The normalized spacial score (nSPS) is 10.6. The maximum atomic E-state index is 12.4. The van der Waals surface area contributed by atoms with Crippen LogP contribution in [0.15, 0.2) is 41.8 Å². The monoisotopic (exact) mass is 343 g/mol. The van der Waals surface area contributed by atoms with Crippen molar-refractivity contribution in [3.05, 3.63) is 58.0 Å². The summed E-state index contributed by atoms with van der Waals surface area (Å²) in [6, 6.07) is 11.1. The van der Waals surface area contributed by atoms with Gasteiger partial charge in [0.05, 0.1) is 6.54 Å². The molecule has 1 aromatic carbocycles. The van der Waals surface area contributed by atoms with E-state index in [2.05, 4.69) is 15.5 Å². The summed E-state index contributed by atoms with van der Waals surface area (Å²) in [5.41, 5.74) is 0.627. The van der Waals surface area contributed by atoms with Crippen molar-refractivity contribution >= 4 is 17.2 Å². The molecule has 0 saturated carbocycles. The molecule has 0 N–H and O–H groups in total. The molecule has 24 heavy (non-hydrogen) atoms. The number of carbonyl (C=O) groups excluding carboxylic acids is 1. The summed E-state index contributed by atoms with van der Waals surface area (Å²) < 4.78 is 7.18. The summed E-state index contributed by atoms with van der Waals surface area (Å²) in [6.07, 6.45) is 0. The maximum absolute atomic E-state index is 12.4. The van der Waals surface area contributed by atoms with Crippen molar-refractivity contribution in [1.82, 2.24) is 25.1 Å². The molecule has 0 unspecified atom stereocenters. The molecule has 0 aliphatic heterocycles. The summed E-state index contributed by atoms with van der Waals surface area (Å²) in [4.78, 5) is 15.3. The van der Waals surface area contributed by atoms with Crippen LogP contribution in [0.3, 0.4) is 0 Å². The summed E-state index contributed by atoms with van der Waals surface area (Å²) in [5, 5.41) is 13.2. The van der Waals surface area contributed by atoms with Gasteiger partial charge in [0.25, 0.3) is 5.91 Å². The lowest BCUT2D eigenvalue weighted by molar-refractivity contribution is 0.0786. The van der Waals surface area contributed by atoms with E-state index in [1.165, 1.54) is 0 Å². The van der Waals surface area contributed by atoms with Crippen LogP contribution in [0.1, 0.15) is 21.1 Å². The van der Waals surface area contributed by atoms with Gasteiger partial charge in [0.1, 0.15) is 12.4 Å². The van der Waals surface area contributed by atoms with Gasteiger partial charge in [-0.2, -0.15) is 0 Å². The molecule has 0 atom stereocenters. The first kappa shape index (κ1) is 16.1. The maximum Gasteiger partial charge on any atom is 0.253 e. The summed E-state index contributed by atoms with van der Waals surface area (Å²) in [6.45, 7) is 0.878. The van der Waals surface area contributed by atoms with E-state index >= 15 is 0 Å². The van der Waals surface area contributed by atoms with E-state index in [4.69, 9.17) is 4.74 Å². The third-order valence-electron chi connectivity index (χ3n) is 3.50.